The maximum absolute atomic E-state index is 12.7. The molecule has 0 radical (unpaired) electrons. The van der Waals surface area contributed by atoms with Crippen molar-refractivity contribution in [2.45, 2.75) is 31.7 Å². The first-order valence-corrected chi connectivity index (χ1v) is 11.6. The van der Waals surface area contributed by atoms with Crippen LogP contribution in [0.2, 0.25) is 0 Å². The van der Waals surface area contributed by atoms with Crippen LogP contribution in [0.1, 0.15) is 20.3 Å². The number of sulfonamides is 1. The van der Waals surface area contributed by atoms with Gasteiger partial charge in [0, 0.05) is 25.6 Å². The van der Waals surface area contributed by atoms with Crippen molar-refractivity contribution >= 4 is 32.7 Å². The van der Waals surface area contributed by atoms with Crippen LogP contribution in [0, 0.1) is 0 Å². The highest BCUT2D eigenvalue weighted by Crippen LogP contribution is 2.29. The van der Waals surface area contributed by atoms with Crippen LogP contribution in [0.25, 0.3) is 11.0 Å². The molecule has 0 bridgehead atoms. The van der Waals surface area contributed by atoms with E-state index < -0.39 is 10.0 Å². The molecule has 0 spiro atoms. The Kier molecular flexibility index (Phi) is 7.31. The van der Waals surface area contributed by atoms with E-state index in [4.69, 9.17) is 9.47 Å². The van der Waals surface area contributed by atoms with Gasteiger partial charge in [-0.25, -0.2) is 13.1 Å². The Bertz CT molecular complexity index is 1200. The minimum absolute atomic E-state index is 0.137. The molecule has 10 nitrogen and oxygen atoms in total. The molecule has 0 saturated carbocycles. The highest BCUT2D eigenvalue weighted by molar-refractivity contribution is 7.89. The maximum Gasteiger partial charge on any atom is 0.243 e. The van der Waals surface area contributed by atoms with E-state index in [9.17, 15) is 13.2 Å². The van der Waals surface area contributed by atoms with Gasteiger partial charge in [0.1, 0.15) is 17.0 Å². The van der Waals surface area contributed by atoms with Gasteiger partial charge in [-0.15, -0.1) is 5.10 Å². The number of nitrogens with one attached hydrogen (secondary N) is 1. The van der Waals surface area contributed by atoms with Crippen molar-refractivity contribution in [2.75, 3.05) is 32.6 Å². The molecule has 0 unspecified atom stereocenters. The van der Waals surface area contributed by atoms with Crippen molar-refractivity contribution in [2.24, 2.45) is 0 Å². The predicted molar refractivity (Wildman–Crippen MR) is 120 cm³/mol. The van der Waals surface area contributed by atoms with Gasteiger partial charge in [-0.1, -0.05) is 19.1 Å². The third kappa shape index (κ3) is 4.83. The maximum atomic E-state index is 12.7. The van der Waals surface area contributed by atoms with E-state index in [0.717, 1.165) is 0 Å². The average Bonchev–Trinajstić information content (AvgIpc) is 3.20. The van der Waals surface area contributed by atoms with E-state index in [1.54, 1.807) is 49.9 Å². The van der Waals surface area contributed by atoms with Gasteiger partial charge in [-0.2, -0.15) is 4.31 Å². The molecule has 0 aliphatic carbocycles. The largest absolute Gasteiger partial charge is 0.497 e. The first-order valence-electron chi connectivity index (χ1n) is 10.2. The molecule has 1 N–H and O–H groups in total. The Morgan fingerprint density at radius 3 is 2.50 bits per heavy atom. The molecule has 1 heterocycles. The Morgan fingerprint density at radius 1 is 1.09 bits per heavy atom. The van der Waals surface area contributed by atoms with Gasteiger partial charge in [-0.05, 0) is 30.3 Å². The van der Waals surface area contributed by atoms with E-state index >= 15 is 0 Å². The smallest absolute Gasteiger partial charge is 0.243 e. The molecule has 1 amide bonds. The van der Waals surface area contributed by atoms with Crippen molar-refractivity contribution in [3.05, 3.63) is 36.4 Å². The summed E-state index contributed by atoms with van der Waals surface area (Å²) in [6.45, 7) is 4.63. The average molecular weight is 462 g/mol. The first-order chi connectivity index (χ1) is 15.3. The molecule has 0 fully saturated rings. The van der Waals surface area contributed by atoms with Gasteiger partial charge >= 0.3 is 0 Å². The van der Waals surface area contributed by atoms with Crippen molar-refractivity contribution in [1.82, 2.24) is 19.3 Å². The quantitative estimate of drug-likeness (QED) is 0.493. The first kappa shape index (κ1) is 23.5. The van der Waals surface area contributed by atoms with Crippen LogP contribution in [-0.2, 0) is 21.4 Å². The lowest BCUT2D eigenvalue weighted by molar-refractivity contribution is -0.116. The van der Waals surface area contributed by atoms with Crippen LogP contribution in [-0.4, -0.2) is 60.9 Å². The zero-order valence-electron chi connectivity index (χ0n) is 18.5. The third-order valence-electron chi connectivity index (χ3n) is 5.06. The number of aryl methyl sites for hydroxylation is 1. The lowest BCUT2D eigenvalue weighted by Crippen LogP contribution is -2.30. The summed E-state index contributed by atoms with van der Waals surface area (Å²) in [7, 11) is -0.521. The van der Waals surface area contributed by atoms with Gasteiger partial charge in [0.2, 0.25) is 15.9 Å². The number of methoxy groups -OCH3 is 2. The summed E-state index contributed by atoms with van der Waals surface area (Å²) in [5.41, 5.74) is 1.61. The number of carbonyl (C=O) groups excluding carboxylic acids is 1. The second-order valence-electron chi connectivity index (χ2n) is 6.92. The number of ether oxygens (including phenoxy) is 2. The second-order valence-corrected chi connectivity index (χ2v) is 8.85. The minimum atomic E-state index is -3.59. The number of hydrogen-bond acceptors (Lipinski definition) is 7. The third-order valence-corrected chi connectivity index (χ3v) is 7.11. The summed E-state index contributed by atoms with van der Waals surface area (Å²) >= 11 is 0. The van der Waals surface area contributed by atoms with E-state index in [1.165, 1.54) is 23.5 Å². The standard InChI is InChI=1S/C21H27N5O5S/c1-5-25(6-2)32(28,29)16-8-9-19-17(14-16)23-24-26(19)12-11-21(27)22-18-13-15(30-3)7-10-20(18)31-4/h7-10,13-14H,5-6,11-12H2,1-4H3,(H,22,27). The monoisotopic (exact) mass is 461 g/mol. The number of nitrogens with zero attached hydrogens (tertiary/aromatic N) is 4. The normalized spacial score (nSPS) is 11.7. The van der Waals surface area contributed by atoms with Gasteiger partial charge in [0.05, 0.1) is 36.9 Å². The van der Waals surface area contributed by atoms with Crippen LogP contribution in [0.4, 0.5) is 5.69 Å². The molecular weight excluding hydrogens is 434 g/mol. The Morgan fingerprint density at radius 2 is 1.84 bits per heavy atom. The number of aromatic nitrogens is 3. The lowest BCUT2D eigenvalue weighted by Gasteiger charge is -2.18. The molecule has 3 aromatic rings. The fourth-order valence-electron chi connectivity index (χ4n) is 3.32. The van der Waals surface area contributed by atoms with Gasteiger partial charge in [0.15, 0.2) is 0 Å². The fraction of sp³-hybridized carbons (Fsp3) is 0.381. The summed E-state index contributed by atoms with van der Waals surface area (Å²) in [6, 6.07) is 9.84. The molecule has 32 heavy (non-hydrogen) atoms. The SMILES string of the molecule is CCN(CC)S(=O)(=O)c1ccc2c(c1)nnn2CCC(=O)Nc1cc(OC)ccc1OC. The van der Waals surface area contributed by atoms with Gasteiger partial charge in [-0.3, -0.25) is 4.79 Å². The summed E-state index contributed by atoms with van der Waals surface area (Å²) in [6.07, 6.45) is 0.137. The number of rotatable bonds is 10. The second kappa shape index (κ2) is 9.96. The number of carbonyl (C=O) groups is 1. The summed E-state index contributed by atoms with van der Waals surface area (Å²) in [5, 5.41) is 11.0. The number of fused-ring (bicyclic) bond motifs is 1. The topological polar surface area (TPSA) is 116 Å². The van der Waals surface area contributed by atoms with Gasteiger partial charge < -0.3 is 14.8 Å². The van der Waals surface area contributed by atoms with Crippen molar-refractivity contribution in [1.29, 1.82) is 0 Å². The number of hydrogen-bond donors (Lipinski definition) is 1. The van der Waals surface area contributed by atoms with E-state index in [0.29, 0.717) is 41.3 Å². The van der Waals surface area contributed by atoms with E-state index in [1.807, 2.05) is 0 Å². The summed E-state index contributed by atoms with van der Waals surface area (Å²) < 4.78 is 38.9. The zero-order valence-corrected chi connectivity index (χ0v) is 19.3. The van der Waals surface area contributed by atoms with Crippen LogP contribution in [0.15, 0.2) is 41.3 Å². The number of amides is 1. The van der Waals surface area contributed by atoms with Crippen molar-refractivity contribution in [3.8, 4) is 11.5 Å². The molecule has 2 aromatic carbocycles. The predicted octanol–water partition coefficient (Wildman–Crippen LogP) is 2.51. The Hall–Kier alpha value is -3.18. The van der Waals surface area contributed by atoms with Crippen LogP contribution in [0.5, 0.6) is 11.5 Å². The molecule has 0 aliphatic heterocycles. The van der Waals surface area contributed by atoms with Crippen molar-refractivity contribution in [3.63, 3.8) is 0 Å². The Balaban J connectivity index is 1.73. The number of benzene rings is 2. The molecule has 0 atom stereocenters. The highest BCUT2D eigenvalue weighted by atomic mass is 32.2. The zero-order chi connectivity index (χ0) is 23.3. The van der Waals surface area contributed by atoms with Gasteiger partial charge in [0.25, 0.3) is 0 Å². The molecule has 0 saturated heterocycles. The molecule has 3 rings (SSSR count). The highest BCUT2D eigenvalue weighted by Gasteiger charge is 2.22. The number of anilines is 1. The summed E-state index contributed by atoms with van der Waals surface area (Å²) in [5.74, 6) is 0.882. The molecule has 11 heteroatoms. The minimum Gasteiger partial charge on any atom is -0.497 e. The summed E-state index contributed by atoms with van der Waals surface area (Å²) in [4.78, 5) is 12.7. The lowest BCUT2D eigenvalue weighted by atomic mass is 10.2. The molecule has 1 aromatic heterocycles. The van der Waals surface area contributed by atoms with E-state index in [-0.39, 0.29) is 23.8 Å². The van der Waals surface area contributed by atoms with Crippen LogP contribution >= 0.6 is 0 Å². The van der Waals surface area contributed by atoms with Crippen LogP contribution in [0.3, 0.4) is 0 Å². The Labute approximate surface area is 187 Å². The van der Waals surface area contributed by atoms with E-state index in [2.05, 4.69) is 15.6 Å². The fourth-order valence-corrected chi connectivity index (χ4v) is 4.80. The molecular formula is C21H27N5O5S. The van der Waals surface area contributed by atoms with Crippen LogP contribution < -0.4 is 14.8 Å². The molecule has 0 aliphatic rings. The molecule has 172 valence electrons. The van der Waals surface area contributed by atoms with Crippen molar-refractivity contribution < 1.29 is 22.7 Å².